The van der Waals surface area contributed by atoms with Gasteiger partial charge in [-0.05, 0) is 60.2 Å². The Morgan fingerprint density at radius 3 is 2.37 bits per heavy atom. The lowest BCUT2D eigenvalue weighted by atomic mass is 10.2. The molecule has 0 spiro atoms. The summed E-state index contributed by atoms with van der Waals surface area (Å²) in [5.74, 6) is 0.329. The van der Waals surface area contributed by atoms with Crippen molar-refractivity contribution in [1.29, 1.82) is 0 Å². The predicted molar refractivity (Wildman–Crippen MR) is 133 cm³/mol. The summed E-state index contributed by atoms with van der Waals surface area (Å²) in [6, 6.07) is 25.5. The van der Waals surface area contributed by atoms with Crippen LogP contribution in [0.5, 0.6) is 0 Å². The van der Waals surface area contributed by atoms with Gasteiger partial charge in [-0.15, -0.1) is 10.2 Å². The first kappa shape index (κ1) is 22.5. The van der Waals surface area contributed by atoms with Crippen molar-refractivity contribution in [1.82, 2.24) is 29.9 Å². The largest absolute Gasteiger partial charge is 0.351 e. The first-order valence-electron chi connectivity index (χ1n) is 10.9. The summed E-state index contributed by atoms with van der Waals surface area (Å²) in [6.07, 6.45) is 3.61. The maximum atomic E-state index is 13.4. The number of benzene rings is 3. The molecule has 9 heteroatoms. The van der Waals surface area contributed by atoms with E-state index in [0.717, 1.165) is 22.5 Å². The van der Waals surface area contributed by atoms with E-state index >= 15 is 0 Å². The number of carbonyl (C=O) groups excluding carboxylic acids is 1. The summed E-state index contributed by atoms with van der Waals surface area (Å²) in [5, 5.41) is 16.4. The van der Waals surface area contributed by atoms with Gasteiger partial charge in [0, 0.05) is 30.2 Å². The molecule has 0 aliphatic carbocycles. The van der Waals surface area contributed by atoms with Gasteiger partial charge in [-0.1, -0.05) is 42.1 Å². The van der Waals surface area contributed by atoms with E-state index in [0.29, 0.717) is 17.5 Å². The second kappa shape index (κ2) is 10.4. The third-order valence-corrected chi connectivity index (χ3v) is 6.21. The fourth-order valence-electron chi connectivity index (χ4n) is 3.53. The lowest BCUT2D eigenvalue weighted by Crippen LogP contribution is -2.24. The van der Waals surface area contributed by atoms with Crippen LogP contribution in [0.15, 0.2) is 102 Å². The average Bonchev–Trinajstić information content (AvgIpc) is 3.58. The second-order valence-corrected chi connectivity index (χ2v) is 8.61. The Hall–Kier alpha value is -4.24. The van der Waals surface area contributed by atoms with E-state index in [2.05, 4.69) is 20.6 Å². The maximum Gasteiger partial charge on any atom is 0.230 e. The van der Waals surface area contributed by atoms with Gasteiger partial charge in [0.15, 0.2) is 11.0 Å². The lowest BCUT2D eigenvalue weighted by Gasteiger charge is -2.10. The normalized spacial score (nSPS) is 10.9. The molecule has 5 aromatic rings. The fraction of sp³-hybridized carbons (Fsp3) is 0.0769. The Kier molecular flexibility index (Phi) is 6.67. The molecule has 0 saturated carbocycles. The van der Waals surface area contributed by atoms with Crippen LogP contribution in [0, 0.1) is 5.82 Å². The van der Waals surface area contributed by atoms with Gasteiger partial charge < -0.3 is 5.32 Å². The zero-order valence-corrected chi connectivity index (χ0v) is 19.4. The number of amides is 1. The summed E-state index contributed by atoms with van der Waals surface area (Å²) in [5.41, 5.74) is 3.54. The average molecular weight is 485 g/mol. The minimum atomic E-state index is -0.318. The number of carbonyl (C=O) groups is 1. The first-order valence-corrected chi connectivity index (χ1v) is 11.9. The Morgan fingerprint density at radius 2 is 1.66 bits per heavy atom. The Bertz CT molecular complexity index is 1400. The molecule has 7 nitrogen and oxygen atoms in total. The molecular formula is C26H21FN6OS. The van der Waals surface area contributed by atoms with Crippen LogP contribution in [0.3, 0.4) is 0 Å². The first-order chi connectivity index (χ1) is 17.2. The fourth-order valence-corrected chi connectivity index (χ4v) is 4.31. The minimum Gasteiger partial charge on any atom is -0.351 e. The maximum absolute atomic E-state index is 13.4. The molecule has 0 fully saturated rings. The van der Waals surface area contributed by atoms with Crippen molar-refractivity contribution >= 4 is 17.7 Å². The predicted octanol–water partition coefficient (Wildman–Crippen LogP) is 4.67. The summed E-state index contributed by atoms with van der Waals surface area (Å²) in [7, 11) is 0. The SMILES string of the molecule is O=C(CSc1nnc(-c2ccc(F)cc2)n1-c1ccccc1)NCc1ccc(-n2cccn2)cc1. The number of thioether (sulfide) groups is 1. The Morgan fingerprint density at radius 1 is 0.886 bits per heavy atom. The second-order valence-electron chi connectivity index (χ2n) is 7.67. The number of para-hydroxylation sites is 1. The number of rotatable bonds is 8. The number of hydrogen-bond acceptors (Lipinski definition) is 5. The van der Waals surface area contributed by atoms with Gasteiger partial charge >= 0.3 is 0 Å². The third kappa shape index (κ3) is 5.30. The highest BCUT2D eigenvalue weighted by molar-refractivity contribution is 7.99. The van der Waals surface area contributed by atoms with Crippen molar-refractivity contribution < 1.29 is 9.18 Å². The van der Waals surface area contributed by atoms with Crippen molar-refractivity contribution in [2.24, 2.45) is 0 Å². The molecule has 0 bridgehead atoms. The third-order valence-electron chi connectivity index (χ3n) is 5.28. The van der Waals surface area contributed by atoms with Crippen LogP contribution in [0.2, 0.25) is 0 Å². The van der Waals surface area contributed by atoms with Gasteiger partial charge in [-0.3, -0.25) is 9.36 Å². The summed E-state index contributed by atoms with van der Waals surface area (Å²) in [4.78, 5) is 12.6. The van der Waals surface area contributed by atoms with E-state index in [1.54, 1.807) is 23.0 Å². The number of nitrogens with zero attached hydrogens (tertiary/aromatic N) is 5. The van der Waals surface area contributed by atoms with Gasteiger partial charge in [-0.2, -0.15) is 5.10 Å². The molecule has 1 N–H and O–H groups in total. The van der Waals surface area contributed by atoms with E-state index in [9.17, 15) is 9.18 Å². The Balaban J connectivity index is 1.26. The molecule has 0 aliphatic rings. The highest BCUT2D eigenvalue weighted by Crippen LogP contribution is 2.28. The zero-order valence-electron chi connectivity index (χ0n) is 18.6. The molecule has 2 heterocycles. The Labute approximate surface area is 205 Å². The van der Waals surface area contributed by atoms with E-state index in [-0.39, 0.29) is 17.5 Å². The van der Waals surface area contributed by atoms with Crippen molar-refractivity contribution in [2.75, 3.05) is 5.75 Å². The van der Waals surface area contributed by atoms with Crippen molar-refractivity contribution in [3.63, 3.8) is 0 Å². The number of halogens is 1. The molecule has 0 atom stereocenters. The molecule has 1 amide bonds. The van der Waals surface area contributed by atoms with E-state index in [4.69, 9.17) is 0 Å². The highest BCUT2D eigenvalue weighted by Gasteiger charge is 2.17. The van der Waals surface area contributed by atoms with Crippen LogP contribution in [0.1, 0.15) is 5.56 Å². The van der Waals surface area contributed by atoms with E-state index in [1.807, 2.05) is 71.4 Å². The molecule has 174 valence electrons. The monoisotopic (exact) mass is 484 g/mol. The molecule has 35 heavy (non-hydrogen) atoms. The standard InChI is InChI=1S/C26H21FN6OS/c27-21-11-9-20(10-12-21)25-30-31-26(33(25)23-5-2-1-3-6-23)35-18-24(34)28-17-19-7-13-22(14-8-19)32-16-4-15-29-32/h1-16H,17-18H2,(H,28,34). The van der Waals surface area contributed by atoms with E-state index < -0.39 is 0 Å². The van der Waals surface area contributed by atoms with E-state index in [1.165, 1.54) is 23.9 Å². The van der Waals surface area contributed by atoms with Crippen LogP contribution in [0.25, 0.3) is 22.8 Å². The van der Waals surface area contributed by atoms with Gasteiger partial charge in [-0.25, -0.2) is 9.07 Å². The van der Waals surface area contributed by atoms with Crippen LogP contribution >= 0.6 is 11.8 Å². The molecule has 0 unspecified atom stereocenters. The molecule has 3 aromatic carbocycles. The van der Waals surface area contributed by atoms with Crippen LogP contribution in [-0.4, -0.2) is 36.2 Å². The van der Waals surface area contributed by atoms with Crippen molar-refractivity contribution in [2.45, 2.75) is 11.7 Å². The number of nitrogens with one attached hydrogen (secondary N) is 1. The number of hydrogen-bond donors (Lipinski definition) is 1. The topological polar surface area (TPSA) is 77.6 Å². The molecule has 0 aliphatic heterocycles. The van der Waals surface area contributed by atoms with Crippen LogP contribution in [0.4, 0.5) is 4.39 Å². The summed E-state index contributed by atoms with van der Waals surface area (Å²) in [6.45, 7) is 0.422. The lowest BCUT2D eigenvalue weighted by molar-refractivity contribution is -0.118. The van der Waals surface area contributed by atoms with Gasteiger partial charge in [0.25, 0.3) is 0 Å². The van der Waals surface area contributed by atoms with Gasteiger partial charge in [0.1, 0.15) is 5.82 Å². The quantitative estimate of drug-likeness (QED) is 0.324. The van der Waals surface area contributed by atoms with Crippen molar-refractivity contribution in [3.8, 4) is 22.8 Å². The summed E-state index contributed by atoms with van der Waals surface area (Å²) >= 11 is 1.30. The number of aromatic nitrogens is 5. The molecular weight excluding hydrogens is 463 g/mol. The van der Waals surface area contributed by atoms with Crippen LogP contribution in [-0.2, 0) is 11.3 Å². The molecule has 2 aromatic heterocycles. The molecule has 0 saturated heterocycles. The summed E-state index contributed by atoms with van der Waals surface area (Å²) < 4.78 is 17.1. The van der Waals surface area contributed by atoms with Crippen molar-refractivity contribution in [3.05, 3.63) is 109 Å². The minimum absolute atomic E-state index is 0.114. The zero-order chi connectivity index (χ0) is 24.0. The van der Waals surface area contributed by atoms with Crippen LogP contribution < -0.4 is 5.32 Å². The molecule has 0 radical (unpaired) electrons. The molecule has 5 rings (SSSR count). The highest BCUT2D eigenvalue weighted by atomic mass is 32.2. The van der Waals surface area contributed by atoms with Gasteiger partial charge in [0.2, 0.25) is 5.91 Å². The smallest absolute Gasteiger partial charge is 0.230 e. The van der Waals surface area contributed by atoms with Gasteiger partial charge in [0.05, 0.1) is 11.4 Å².